The Kier molecular flexibility index (Phi) is 4.01. The summed E-state index contributed by atoms with van der Waals surface area (Å²) in [5.41, 5.74) is 7.14. The number of aryl methyl sites for hydroxylation is 1. The first-order chi connectivity index (χ1) is 8.61. The van der Waals surface area contributed by atoms with Gasteiger partial charge in [0, 0.05) is 23.8 Å². The average Bonchev–Trinajstić information content (AvgIpc) is 2.37. The second-order valence-electron chi connectivity index (χ2n) is 5.15. The van der Waals surface area contributed by atoms with Crippen molar-refractivity contribution >= 4 is 5.95 Å². The van der Waals surface area contributed by atoms with Crippen LogP contribution in [-0.4, -0.2) is 29.2 Å². The Morgan fingerprint density at radius 3 is 2.72 bits per heavy atom. The van der Waals surface area contributed by atoms with Gasteiger partial charge in [-0.25, -0.2) is 4.98 Å². The molecule has 1 heterocycles. The minimum absolute atomic E-state index is 0.113. The Morgan fingerprint density at radius 1 is 1.33 bits per heavy atom. The van der Waals surface area contributed by atoms with Gasteiger partial charge in [0.15, 0.2) is 0 Å². The number of rotatable bonds is 4. The lowest BCUT2D eigenvalue weighted by Crippen LogP contribution is -2.47. The van der Waals surface area contributed by atoms with Crippen molar-refractivity contribution < 1.29 is 4.74 Å². The molecule has 1 saturated carbocycles. The first kappa shape index (κ1) is 13.1. The van der Waals surface area contributed by atoms with Gasteiger partial charge < -0.3 is 15.8 Å². The van der Waals surface area contributed by atoms with Gasteiger partial charge in [-0.15, -0.1) is 0 Å². The number of hydrogen-bond donors (Lipinski definition) is 2. The van der Waals surface area contributed by atoms with Crippen LogP contribution in [0.15, 0.2) is 6.07 Å². The first-order valence-electron chi connectivity index (χ1n) is 6.54. The van der Waals surface area contributed by atoms with Crippen molar-refractivity contribution in [2.75, 3.05) is 19.0 Å². The lowest BCUT2D eigenvalue weighted by atomic mass is 9.82. The Balaban J connectivity index is 1.98. The molecule has 18 heavy (non-hydrogen) atoms. The Hall–Kier alpha value is -1.36. The van der Waals surface area contributed by atoms with Crippen LogP contribution in [0.3, 0.4) is 0 Å². The lowest BCUT2D eigenvalue weighted by Gasteiger charge is -2.33. The minimum atomic E-state index is -0.113. The summed E-state index contributed by atoms with van der Waals surface area (Å²) < 4.78 is 5.13. The van der Waals surface area contributed by atoms with Crippen molar-refractivity contribution in [1.82, 2.24) is 9.97 Å². The number of hydrogen-bond acceptors (Lipinski definition) is 5. The van der Waals surface area contributed by atoms with Crippen LogP contribution in [-0.2, 0) is 0 Å². The molecule has 0 saturated heterocycles. The van der Waals surface area contributed by atoms with Gasteiger partial charge in [0.05, 0.1) is 7.11 Å². The molecule has 0 bridgehead atoms. The van der Waals surface area contributed by atoms with Crippen molar-refractivity contribution in [3.05, 3.63) is 11.8 Å². The standard InChI is InChI=1S/C13H22N4O/c1-10-8-11(18-2)17-12(16-10)15-9-13(14)6-4-3-5-7-13/h8H,3-7,9,14H2,1-2H3,(H,15,16,17). The molecule has 0 radical (unpaired) electrons. The zero-order valence-electron chi connectivity index (χ0n) is 11.2. The van der Waals surface area contributed by atoms with Crippen LogP contribution in [0.2, 0.25) is 0 Å². The van der Waals surface area contributed by atoms with Crippen LogP contribution < -0.4 is 15.8 Å². The van der Waals surface area contributed by atoms with E-state index in [9.17, 15) is 0 Å². The van der Waals surface area contributed by atoms with Crippen LogP contribution in [0.5, 0.6) is 5.88 Å². The van der Waals surface area contributed by atoms with Gasteiger partial charge in [0.1, 0.15) is 0 Å². The summed E-state index contributed by atoms with van der Waals surface area (Å²) >= 11 is 0. The molecule has 0 spiro atoms. The van der Waals surface area contributed by atoms with E-state index in [0.717, 1.165) is 25.1 Å². The van der Waals surface area contributed by atoms with Gasteiger partial charge in [-0.3, -0.25) is 0 Å². The van der Waals surface area contributed by atoms with Crippen molar-refractivity contribution in [1.29, 1.82) is 0 Å². The number of methoxy groups -OCH3 is 1. The molecule has 0 amide bonds. The van der Waals surface area contributed by atoms with Gasteiger partial charge in [0.25, 0.3) is 0 Å². The van der Waals surface area contributed by atoms with Crippen molar-refractivity contribution in [3.8, 4) is 5.88 Å². The van der Waals surface area contributed by atoms with Gasteiger partial charge in [-0.1, -0.05) is 19.3 Å². The van der Waals surface area contributed by atoms with Crippen LogP contribution in [0.1, 0.15) is 37.8 Å². The highest BCUT2D eigenvalue weighted by Crippen LogP contribution is 2.26. The molecule has 0 aliphatic heterocycles. The first-order valence-corrected chi connectivity index (χ1v) is 6.54. The minimum Gasteiger partial charge on any atom is -0.481 e. The van der Waals surface area contributed by atoms with Crippen LogP contribution in [0.25, 0.3) is 0 Å². The summed E-state index contributed by atoms with van der Waals surface area (Å²) in [6.45, 7) is 2.65. The van der Waals surface area contributed by atoms with Gasteiger partial charge in [-0.2, -0.15) is 4.98 Å². The molecule has 1 aliphatic carbocycles. The normalized spacial score (nSPS) is 18.4. The fraction of sp³-hybridized carbons (Fsp3) is 0.692. The number of aromatic nitrogens is 2. The summed E-state index contributed by atoms with van der Waals surface area (Å²) in [4.78, 5) is 8.61. The topological polar surface area (TPSA) is 73.1 Å². The van der Waals surface area contributed by atoms with E-state index in [1.165, 1.54) is 19.3 Å². The number of ether oxygens (including phenoxy) is 1. The van der Waals surface area contributed by atoms with E-state index in [2.05, 4.69) is 15.3 Å². The Labute approximate surface area is 108 Å². The quantitative estimate of drug-likeness (QED) is 0.853. The lowest BCUT2D eigenvalue weighted by molar-refractivity contribution is 0.310. The molecule has 0 atom stereocenters. The third kappa shape index (κ3) is 3.32. The fourth-order valence-corrected chi connectivity index (χ4v) is 2.41. The van der Waals surface area contributed by atoms with Crippen molar-refractivity contribution in [3.63, 3.8) is 0 Å². The molecule has 5 nitrogen and oxygen atoms in total. The van der Waals surface area contributed by atoms with E-state index in [4.69, 9.17) is 10.5 Å². The fourth-order valence-electron chi connectivity index (χ4n) is 2.41. The van der Waals surface area contributed by atoms with Gasteiger partial charge >= 0.3 is 0 Å². The highest BCUT2D eigenvalue weighted by Gasteiger charge is 2.27. The predicted molar refractivity (Wildman–Crippen MR) is 71.8 cm³/mol. The third-order valence-corrected chi connectivity index (χ3v) is 3.49. The van der Waals surface area contributed by atoms with E-state index in [-0.39, 0.29) is 5.54 Å². The summed E-state index contributed by atoms with van der Waals surface area (Å²) in [5.74, 6) is 1.18. The Morgan fingerprint density at radius 2 is 2.06 bits per heavy atom. The maximum absolute atomic E-state index is 6.37. The molecule has 1 fully saturated rings. The maximum atomic E-state index is 6.37. The van der Waals surface area contributed by atoms with E-state index >= 15 is 0 Å². The van der Waals surface area contributed by atoms with Crippen LogP contribution in [0.4, 0.5) is 5.95 Å². The number of nitrogens with zero attached hydrogens (tertiary/aromatic N) is 2. The smallest absolute Gasteiger partial charge is 0.226 e. The van der Waals surface area contributed by atoms with E-state index in [1.807, 2.05) is 13.0 Å². The molecule has 2 rings (SSSR count). The molecule has 3 N–H and O–H groups in total. The largest absolute Gasteiger partial charge is 0.481 e. The van der Waals surface area contributed by atoms with Crippen LogP contribution in [0, 0.1) is 6.92 Å². The summed E-state index contributed by atoms with van der Waals surface area (Å²) in [5, 5.41) is 3.24. The molecule has 1 aliphatic rings. The van der Waals surface area contributed by atoms with Gasteiger partial charge in [-0.05, 0) is 19.8 Å². The number of nitrogens with two attached hydrogens (primary N) is 1. The zero-order chi connectivity index (χ0) is 13.0. The Bertz CT molecular complexity index is 402. The number of nitrogens with one attached hydrogen (secondary N) is 1. The second-order valence-corrected chi connectivity index (χ2v) is 5.15. The van der Waals surface area contributed by atoms with Gasteiger partial charge in [0.2, 0.25) is 11.8 Å². The molecule has 100 valence electrons. The third-order valence-electron chi connectivity index (χ3n) is 3.49. The SMILES string of the molecule is COc1cc(C)nc(NCC2(N)CCCCC2)n1. The molecule has 5 heteroatoms. The summed E-state index contributed by atoms with van der Waals surface area (Å²) in [7, 11) is 1.61. The highest BCUT2D eigenvalue weighted by atomic mass is 16.5. The average molecular weight is 250 g/mol. The van der Waals surface area contributed by atoms with E-state index in [1.54, 1.807) is 7.11 Å². The summed E-state index contributed by atoms with van der Waals surface area (Å²) in [6.07, 6.45) is 5.88. The molecule has 1 aromatic rings. The molecular formula is C13H22N4O. The molecule has 0 unspecified atom stereocenters. The molecule has 0 aromatic carbocycles. The van der Waals surface area contributed by atoms with Crippen molar-refractivity contribution in [2.24, 2.45) is 5.73 Å². The monoisotopic (exact) mass is 250 g/mol. The highest BCUT2D eigenvalue weighted by molar-refractivity contribution is 5.31. The maximum Gasteiger partial charge on any atom is 0.226 e. The van der Waals surface area contributed by atoms with E-state index < -0.39 is 0 Å². The molecular weight excluding hydrogens is 228 g/mol. The summed E-state index contributed by atoms with van der Waals surface area (Å²) in [6, 6.07) is 1.81. The number of anilines is 1. The van der Waals surface area contributed by atoms with Crippen LogP contribution >= 0.6 is 0 Å². The zero-order valence-corrected chi connectivity index (χ0v) is 11.2. The van der Waals surface area contributed by atoms with Crippen molar-refractivity contribution in [2.45, 2.75) is 44.6 Å². The second kappa shape index (κ2) is 5.52. The van der Waals surface area contributed by atoms with E-state index in [0.29, 0.717) is 11.8 Å². The predicted octanol–water partition coefficient (Wildman–Crippen LogP) is 1.87. The molecule has 1 aromatic heterocycles.